The van der Waals surface area contributed by atoms with Crippen LogP contribution in [0.2, 0.25) is 0 Å². The molecule has 0 aromatic heterocycles. The summed E-state index contributed by atoms with van der Waals surface area (Å²) in [6.45, 7) is 3.39. The Morgan fingerprint density at radius 2 is 1.74 bits per heavy atom. The van der Waals surface area contributed by atoms with Crippen molar-refractivity contribution in [3.8, 4) is 0 Å². The summed E-state index contributed by atoms with van der Waals surface area (Å²) in [6, 6.07) is 3.90. The molecular weight excluding hydrogens is 487 g/mol. The van der Waals surface area contributed by atoms with Gasteiger partial charge in [0.05, 0.1) is 11.1 Å². The Hall–Kier alpha value is -3.52. The van der Waals surface area contributed by atoms with Crippen molar-refractivity contribution in [1.82, 2.24) is 5.06 Å². The van der Waals surface area contributed by atoms with Crippen molar-refractivity contribution < 1.29 is 54.9 Å². The zero-order valence-corrected chi connectivity index (χ0v) is 18.5. The van der Waals surface area contributed by atoms with Gasteiger partial charge >= 0.3 is 27.6 Å². The topological polar surface area (TPSA) is 144 Å². The second-order valence-corrected chi connectivity index (χ2v) is 9.56. The molecule has 2 amide bonds. The van der Waals surface area contributed by atoms with Crippen LogP contribution < -0.4 is 0 Å². The van der Waals surface area contributed by atoms with Crippen LogP contribution in [0.1, 0.15) is 42.3 Å². The van der Waals surface area contributed by atoms with E-state index in [-0.39, 0.29) is 16.7 Å². The van der Waals surface area contributed by atoms with E-state index in [1.807, 2.05) is 0 Å². The molecule has 0 fully saturated rings. The van der Waals surface area contributed by atoms with E-state index in [0.29, 0.717) is 0 Å². The smallest absolute Gasteiger partial charge is 0.480 e. The summed E-state index contributed by atoms with van der Waals surface area (Å²) >= 11 is 0. The van der Waals surface area contributed by atoms with Gasteiger partial charge in [-0.05, 0) is 44.6 Å². The maximum absolute atomic E-state index is 13.0. The summed E-state index contributed by atoms with van der Waals surface area (Å²) in [7, 11) is -6.38. The number of carbonyl (C=O) groups excluding carboxylic acids is 3. The molecule has 0 saturated heterocycles. The molecule has 14 heteroatoms. The molecule has 1 heterocycles. The Labute approximate surface area is 190 Å². The number of halogens is 3. The number of ether oxygens (including phenoxy) is 1. The molecule has 0 radical (unpaired) electrons. The Morgan fingerprint density at radius 3 is 2.29 bits per heavy atom. The third kappa shape index (κ3) is 4.09. The molecular formula is C20H16F3NO9S. The van der Waals surface area contributed by atoms with Crippen molar-refractivity contribution in [1.29, 1.82) is 0 Å². The van der Waals surface area contributed by atoms with Crippen LogP contribution in [-0.4, -0.2) is 53.4 Å². The van der Waals surface area contributed by atoms with Crippen molar-refractivity contribution in [2.24, 2.45) is 5.41 Å². The number of imide groups is 1. The van der Waals surface area contributed by atoms with E-state index >= 15 is 0 Å². The molecule has 2 aliphatic rings. The highest BCUT2D eigenvalue weighted by molar-refractivity contribution is 7.87. The van der Waals surface area contributed by atoms with Crippen LogP contribution in [0.3, 0.4) is 0 Å². The van der Waals surface area contributed by atoms with Crippen LogP contribution in [0, 0.1) is 5.41 Å². The lowest BCUT2D eigenvalue weighted by atomic mass is 9.89. The minimum atomic E-state index is -6.38. The standard InChI is InChI=1S/C20H16F3NO9S/c1-18(2,16(27)28)17(29)32-19(3)8-7-10-5-4-6-11-13(10)12(9-19)15(26)24(14(11)25)33-34(30,31)20(21,22)23/h4-9H,1-3H3,(H,27,28). The normalized spacial score (nSPS) is 20.4. The first-order valence-corrected chi connectivity index (χ1v) is 10.7. The Morgan fingerprint density at radius 1 is 1.12 bits per heavy atom. The minimum Gasteiger partial charge on any atom is -0.480 e. The first-order chi connectivity index (χ1) is 15.4. The number of aliphatic carboxylic acids is 1. The number of alkyl halides is 3. The molecule has 34 heavy (non-hydrogen) atoms. The van der Waals surface area contributed by atoms with Gasteiger partial charge in [-0.3, -0.25) is 19.2 Å². The fourth-order valence-electron chi connectivity index (χ4n) is 3.02. The lowest BCUT2D eigenvalue weighted by Crippen LogP contribution is -2.46. The van der Waals surface area contributed by atoms with E-state index < -0.39 is 61.0 Å². The molecule has 0 spiro atoms. The average molecular weight is 503 g/mol. The van der Waals surface area contributed by atoms with Crippen LogP contribution in [0.5, 0.6) is 0 Å². The fraction of sp³-hybridized carbons (Fsp3) is 0.300. The maximum atomic E-state index is 13.0. The zero-order chi connectivity index (χ0) is 25.9. The molecule has 0 saturated carbocycles. The third-order valence-corrected chi connectivity index (χ3v) is 5.95. The number of carboxylic acids is 1. The third-order valence-electron chi connectivity index (χ3n) is 5.03. The number of hydrogen-bond donors (Lipinski definition) is 1. The quantitative estimate of drug-likeness (QED) is 0.277. The van der Waals surface area contributed by atoms with Gasteiger partial charge in [-0.2, -0.15) is 21.6 Å². The largest absolute Gasteiger partial charge is 0.525 e. The van der Waals surface area contributed by atoms with Gasteiger partial charge in [-0.15, -0.1) is 9.35 Å². The molecule has 0 bridgehead atoms. The average Bonchev–Trinajstić information content (AvgIpc) is 2.86. The maximum Gasteiger partial charge on any atom is 0.525 e. The summed E-state index contributed by atoms with van der Waals surface area (Å²) < 4.78 is 70.5. The Balaban J connectivity index is 2.15. The molecule has 1 unspecified atom stereocenters. The number of nitrogens with zero attached hydrogens (tertiary/aromatic N) is 1. The van der Waals surface area contributed by atoms with E-state index in [9.17, 15) is 45.9 Å². The molecule has 1 aromatic rings. The highest BCUT2D eigenvalue weighted by atomic mass is 32.2. The molecule has 1 atom stereocenters. The Kier molecular flexibility index (Phi) is 5.74. The van der Waals surface area contributed by atoms with E-state index in [1.165, 1.54) is 31.2 Å². The number of amides is 2. The van der Waals surface area contributed by atoms with Crippen molar-refractivity contribution in [2.45, 2.75) is 31.9 Å². The predicted octanol–water partition coefficient (Wildman–Crippen LogP) is 2.27. The van der Waals surface area contributed by atoms with Crippen LogP contribution >= 0.6 is 0 Å². The summed E-state index contributed by atoms with van der Waals surface area (Å²) in [5, 5.41) is 8.70. The predicted molar refractivity (Wildman–Crippen MR) is 107 cm³/mol. The minimum absolute atomic E-state index is 0.0599. The van der Waals surface area contributed by atoms with Gasteiger partial charge in [0.15, 0.2) is 5.41 Å². The van der Waals surface area contributed by atoms with Crippen molar-refractivity contribution >= 4 is 45.5 Å². The molecule has 1 aliphatic carbocycles. The highest BCUT2D eigenvalue weighted by Gasteiger charge is 2.52. The van der Waals surface area contributed by atoms with Gasteiger partial charge < -0.3 is 9.84 Å². The van der Waals surface area contributed by atoms with Crippen LogP contribution in [0.25, 0.3) is 11.6 Å². The summed E-state index contributed by atoms with van der Waals surface area (Å²) in [4.78, 5) is 49.5. The van der Waals surface area contributed by atoms with Gasteiger partial charge in [0.1, 0.15) is 5.60 Å². The van der Waals surface area contributed by atoms with E-state index in [4.69, 9.17) is 4.74 Å². The van der Waals surface area contributed by atoms with Crippen molar-refractivity contribution in [3.63, 3.8) is 0 Å². The van der Waals surface area contributed by atoms with Crippen LogP contribution in [0.4, 0.5) is 13.2 Å². The molecule has 1 aliphatic heterocycles. The number of hydrogen-bond acceptors (Lipinski definition) is 8. The lowest BCUT2D eigenvalue weighted by molar-refractivity contribution is -0.171. The zero-order valence-electron chi connectivity index (χ0n) is 17.7. The highest BCUT2D eigenvalue weighted by Crippen LogP contribution is 2.39. The summed E-state index contributed by atoms with van der Waals surface area (Å²) in [5.74, 6) is -5.75. The molecule has 1 aromatic carbocycles. The van der Waals surface area contributed by atoms with Gasteiger partial charge in [0.2, 0.25) is 0 Å². The van der Waals surface area contributed by atoms with Gasteiger partial charge in [-0.1, -0.05) is 18.2 Å². The fourth-order valence-corrected chi connectivity index (χ4v) is 3.43. The van der Waals surface area contributed by atoms with E-state index in [2.05, 4.69) is 4.28 Å². The second-order valence-electron chi connectivity index (χ2n) is 8.04. The van der Waals surface area contributed by atoms with Crippen LogP contribution in [-0.2, 0) is 33.5 Å². The monoisotopic (exact) mass is 503 g/mol. The second kappa shape index (κ2) is 7.77. The van der Waals surface area contributed by atoms with Gasteiger partial charge in [-0.25, -0.2) is 0 Å². The molecule has 182 valence electrons. The number of carbonyl (C=O) groups is 4. The summed E-state index contributed by atoms with van der Waals surface area (Å²) in [6.07, 6.45) is 3.58. The number of carboxylic acid groups (broad SMARTS) is 1. The van der Waals surface area contributed by atoms with Crippen LogP contribution in [0.15, 0.2) is 30.4 Å². The first kappa shape index (κ1) is 25.1. The van der Waals surface area contributed by atoms with E-state index in [1.54, 1.807) is 0 Å². The molecule has 3 rings (SSSR count). The van der Waals surface area contributed by atoms with Gasteiger partial charge in [0, 0.05) is 5.56 Å². The number of benzene rings is 1. The van der Waals surface area contributed by atoms with Crippen molar-refractivity contribution in [2.75, 3.05) is 0 Å². The first-order valence-electron chi connectivity index (χ1n) is 9.33. The Bertz CT molecular complexity index is 1290. The lowest BCUT2D eigenvalue weighted by Gasteiger charge is -2.30. The number of rotatable bonds is 5. The van der Waals surface area contributed by atoms with E-state index in [0.717, 1.165) is 26.0 Å². The molecule has 1 N–H and O–H groups in total. The van der Waals surface area contributed by atoms with Gasteiger partial charge in [0.25, 0.3) is 11.8 Å². The van der Waals surface area contributed by atoms with Crippen molar-refractivity contribution in [3.05, 3.63) is 47.0 Å². The summed E-state index contributed by atoms with van der Waals surface area (Å²) in [5.41, 5.74) is -10.4. The SMILES string of the molecule is CC1(OC(=O)C(C)(C)C(=O)O)C=Cc2cccc3c2C(=C1)C(=O)N(OS(=O)(=O)C(F)(F)F)C3=O. The number of hydroxylamine groups is 2. The number of esters is 1. The molecule has 10 nitrogen and oxygen atoms in total.